The number of rotatable bonds is 7. The van der Waals surface area contributed by atoms with Gasteiger partial charge in [-0.25, -0.2) is 0 Å². The molecule has 0 aliphatic carbocycles. The maximum absolute atomic E-state index is 11.4. The molecule has 1 amide bonds. The minimum atomic E-state index is 0.0899. The van der Waals surface area contributed by atoms with Crippen molar-refractivity contribution in [2.75, 3.05) is 39.5 Å². The molecule has 0 bridgehead atoms. The van der Waals surface area contributed by atoms with E-state index in [1.54, 1.807) is 0 Å². The maximum atomic E-state index is 11.4. The lowest BCUT2D eigenvalue weighted by molar-refractivity contribution is -0.121. The molecule has 0 saturated carbocycles. The summed E-state index contributed by atoms with van der Waals surface area (Å²) in [5.74, 6) is 0.0899. The van der Waals surface area contributed by atoms with Crippen LogP contribution in [-0.4, -0.2) is 51.5 Å². The zero-order valence-corrected chi connectivity index (χ0v) is 9.96. The number of amides is 1. The van der Waals surface area contributed by atoms with Crippen molar-refractivity contribution < 1.29 is 14.3 Å². The summed E-state index contributed by atoms with van der Waals surface area (Å²) >= 11 is 0. The Morgan fingerprint density at radius 1 is 1.62 bits per heavy atom. The fraction of sp³-hybridized carbons (Fsp3) is 0.909. The van der Waals surface area contributed by atoms with Gasteiger partial charge < -0.3 is 20.1 Å². The molecule has 0 radical (unpaired) electrons. The SMILES string of the molecule is CCOCCCC(=O)NCC1COCCN1. The Morgan fingerprint density at radius 2 is 2.50 bits per heavy atom. The molecule has 5 nitrogen and oxygen atoms in total. The summed E-state index contributed by atoms with van der Waals surface area (Å²) in [6.07, 6.45) is 1.32. The summed E-state index contributed by atoms with van der Waals surface area (Å²) < 4.78 is 10.5. The van der Waals surface area contributed by atoms with E-state index in [0.29, 0.717) is 32.8 Å². The Morgan fingerprint density at radius 3 is 3.19 bits per heavy atom. The third-order valence-corrected chi connectivity index (χ3v) is 2.44. The highest BCUT2D eigenvalue weighted by Gasteiger charge is 2.13. The van der Waals surface area contributed by atoms with Crippen LogP contribution in [0, 0.1) is 0 Å². The lowest BCUT2D eigenvalue weighted by Gasteiger charge is -2.23. The topological polar surface area (TPSA) is 59.6 Å². The first-order chi connectivity index (χ1) is 7.83. The van der Waals surface area contributed by atoms with Crippen LogP contribution in [0.1, 0.15) is 19.8 Å². The molecule has 16 heavy (non-hydrogen) atoms. The first-order valence-electron chi connectivity index (χ1n) is 5.98. The third kappa shape index (κ3) is 6.05. The predicted molar refractivity (Wildman–Crippen MR) is 61.3 cm³/mol. The van der Waals surface area contributed by atoms with E-state index in [2.05, 4.69) is 10.6 Å². The lowest BCUT2D eigenvalue weighted by atomic mass is 10.2. The number of carbonyl (C=O) groups is 1. The van der Waals surface area contributed by atoms with Crippen LogP contribution in [0.4, 0.5) is 0 Å². The van der Waals surface area contributed by atoms with Crippen molar-refractivity contribution in [1.29, 1.82) is 0 Å². The van der Waals surface area contributed by atoms with Crippen molar-refractivity contribution in [2.24, 2.45) is 0 Å². The Kier molecular flexibility index (Phi) is 7.12. The fourth-order valence-corrected chi connectivity index (χ4v) is 1.56. The van der Waals surface area contributed by atoms with E-state index in [0.717, 1.165) is 19.6 Å². The molecular weight excluding hydrogens is 208 g/mol. The molecule has 2 N–H and O–H groups in total. The normalized spacial score (nSPS) is 20.7. The van der Waals surface area contributed by atoms with Crippen LogP contribution in [0.5, 0.6) is 0 Å². The molecule has 1 saturated heterocycles. The second-order valence-corrected chi connectivity index (χ2v) is 3.83. The smallest absolute Gasteiger partial charge is 0.220 e. The van der Waals surface area contributed by atoms with Crippen LogP contribution in [0.25, 0.3) is 0 Å². The van der Waals surface area contributed by atoms with Crippen molar-refractivity contribution in [3.8, 4) is 0 Å². The van der Waals surface area contributed by atoms with Crippen LogP contribution in [-0.2, 0) is 14.3 Å². The maximum Gasteiger partial charge on any atom is 0.220 e. The largest absolute Gasteiger partial charge is 0.382 e. The molecule has 1 heterocycles. The van der Waals surface area contributed by atoms with E-state index < -0.39 is 0 Å². The number of hydrogen-bond donors (Lipinski definition) is 2. The number of morpholine rings is 1. The summed E-state index contributed by atoms with van der Waals surface area (Å²) in [5.41, 5.74) is 0. The van der Waals surface area contributed by atoms with E-state index in [1.807, 2.05) is 6.92 Å². The molecule has 1 atom stereocenters. The highest BCUT2D eigenvalue weighted by Crippen LogP contribution is 1.93. The molecule has 1 rings (SSSR count). The van der Waals surface area contributed by atoms with Gasteiger partial charge in [-0.2, -0.15) is 0 Å². The molecule has 0 aromatic rings. The van der Waals surface area contributed by atoms with Crippen LogP contribution in [0.3, 0.4) is 0 Å². The molecule has 0 aromatic heterocycles. The highest BCUT2D eigenvalue weighted by atomic mass is 16.5. The second kappa shape index (κ2) is 8.50. The first-order valence-corrected chi connectivity index (χ1v) is 5.98. The molecule has 0 aromatic carbocycles. The minimum Gasteiger partial charge on any atom is -0.382 e. The van der Waals surface area contributed by atoms with Gasteiger partial charge in [0.05, 0.1) is 13.2 Å². The summed E-state index contributed by atoms with van der Waals surface area (Å²) in [7, 11) is 0. The molecule has 1 aliphatic heterocycles. The molecular formula is C11H22N2O3. The lowest BCUT2D eigenvalue weighted by Crippen LogP contribution is -2.48. The van der Waals surface area contributed by atoms with Gasteiger partial charge in [-0.05, 0) is 13.3 Å². The first kappa shape index (κ1) is 13.4. The van der Waals surface area contributed by atoms with Gasteiger partial charge in [0, 0.05) is 38.8 Å². The highest BCUT2D eigenvalue weighted by molar-refractivity contribution is 5.75. The van der Waals surface area contributed by atoms with Crippen molar-refractivity contribution in [3.05, 3.63) is 0 Å². The van der Waals surface area contributed by atoms with E-state index >= 15 is 0 Å². The van der Waals surface area contributed by atoms with Crippen molar-refractivity contribution in [3.63, 3.8) is 0 Å². The van der Waals surface area contributed by atoms with E-state index in [1.165, 1.54) is 0 Å². The Hall–Kier alpha value is -0.650. The van der Waals surface area contributed by atoms with Gasteiger partial charge in [-0.3, -0.25) is 4.79 Å². The standard InChI is InChI=1S/C11H22N2O3/c1-2-15-6-3-4-11(14)13-8-10-9-16-7-5-12-10/h10,12H,2-9H2,1H3,(H,13,14). The zero-order valence-electron chi connectivity index (χ0n) is 9.96. The van der Waals surface area contributed by atoms with E-state index in [9.17, 15) is 4.79 Å². The van der Waals surface area contributed by atoms with Crippen molar-refractivity contribution >= 4 is 5.91 Å². The van der Waals surface area contributed by atoms with Gasteiger partial charge in [0.15, 0.2) is 0 Å². The van der Waals surface area contributed by atoms with Crippen LogP contribution >= 0.6 is 0 Å². The van der Waals surface area contributed by atoms with Gasteiger partial charge in [0.25, 0.3) is 0 Å². The second-order valence-electron chi connectivity index (χ2n) is 3.83. The average Bonchev–Trinajstić information content (AvgIpc) is 2.33. The zero-order chi connectivity index (χ0) is 11.6. The molecule has 94 valence electrons. The van der Waals surface area contributed by atoms with Gasteiger partial charge in [-0.1, -0.05) is 0 Å². The number of hydrogen-bond acceptors (Lipinski definition) is 4. The quantitative estimate of drug-likeness (QED) is 0.600. The average molecular weight is 230 g/mol. The predicted octanol–water partition coefficient (Wildman–Crippen LogP) is -0.0923. The monoisotopic (exact) mass is 230 g/mol. The number of nitrogens with one attached hydrogen (secondary N) is 2. The fourth-order valence-electron chi connectivity index (χ4n) is 1.56. The number of ether oxygens (including phenoxy) is 2. The molecule has 5 heteroatoms. The Labute approximate surface area is 96.9 Å². The van der Waals surface area contributed by atoms with Gasteiger partial charge in [0.1, 0.15) is 0 Å². The number of carbonyl (C=O) groups excluding carboxylic acids is 1. The molecule has 1 aliphatic rings. The Bertz CT molecular complexity index is 194. The summed E-state index contributed by atoms with van der Waals surface area (Å²) in [6.45, 7) is 6.28. The molecule has 0 spiro atoms. The Balaban J connectivity index is 1.96. The van der Waals surface area contributed by atoms with Crippen LogP contribution in [0.2, 0.25) is 0 Å². The third-order valence-electron chi connectivity index (χ3n) is 2.44. The van der Waals surface area contributed by atoms with Gasteiger partial charge >= 0.3 is 0 Å². The van der Waals surface area contributed by atoms with Crippen LogP contribution < -0.4 is 10.6 Å². The summed E-state index contributed by atoms with van der Waals surface area (Å²) in [6, 6.07) is 0.254. The van der Waals surface area contributed by atoms with Crippen molar-refractivity contribution in [2.45, 2.75) is 25.8 Å². The summed E-state index contributed by atoms with van der Waals surface area (Å²) in [5, 5.41) is 6.18. The molecule has 1 fully saturated rings. The van der Waals surface area contributed by atoms with Crippen LogP contribution in [0.15, 0.2) is 0 Å². The summed E-state index contributed by atoms with van der Waals surface area (Å²) in [4.78, 5) is 11.4. The van der Waals surface area contributed by atoms with E-state index in [-0.39, 0.29) is 11.9 Å². The minimum absolute atomic E-state index is 0.0899. The van der Waals surface area contributed by atoms with Gasteiger partial charge in [-0.15, -0.1) is 0 Å². The van der Waals surface area contributed by atoms with Gasteiger partial charge in [0.2, 0.25) is 5.91 Å². The molecule has 1 unspecified atom stereocenters. The van der Waals surface area contributed by atoms with E-state index in [4.69, 9.17) is 9.47 Å². The van der Waals surface area contributed by atoms with Crippen molar-refractivity contribution in [1.82, 2.24) is 10.6 Å².